The first-order valence-electron chi connectivity index (χ1n) is 9.21. The number of hydrogen-bond donors (Lipinski definition) is 2. The van der Waals surface area contributed by atoms with Crippen LogP contribution in [0.1, 0.15) is 40.7 Å². The standard InChI is InChI=1S/C21H23F3N2O3S/c1-29-19(27)18-8-4-7-17(25-18)14-9-11-26(12-10-14)30(2)20(28)15-5-3-6-16(13-15)21(22,23)24/h3-9,13,19-20,27-28H,2,10-12H2,1H3. The van der Waals surface area contributed by atoms with Gasteiger partial charge in [-0.3, -0.25) is 0 Å². The molecule has 3 rings (SSSR count). The molecule has 0 amide bonds. The van der Waals surface area contributed by atoms with E-state index in [1.54, 1.807) is 12.1 Å². The number of aromatic nitrogens is 1. The lowest BCUT2D eigenvalue weighted by Crippen LogP contribution is -2.25. The molecule has 1 aliphatic rings. The van der Waals surface area contributed by atoms with Gasteiger partial charge in [0.25, 0.3) is 0 Å². The average Bonchev–Trinajstić information content (AvgIpc) is 2.77. The van der Waals surface area contributed by atoms with Crippen LogP contribution >= 0.6 is 10.7 Å². The van der Waals surface area contributed by atoms with Gasteiger partial charge in [-0.1, -0.05) is 40.8 Å². The molecule has 3 atom stereocenters. The van der Waals surface area contributed by atoms with Crippen molar-refractivity contribution in [3.8, 4) is 0 Å². The number of nitrogens with zero attached hydrogens (tertiary/aromatic N) is 2. The Morgan fingerprint density at radius 2 is 1.93 bits per heavy atom. The lowest BCUT2D eigenvalue weighted by molar-refractivity contribution is -0.137. The molecule has 0 radical (unpaired) electrons. The smallest absolute Gasteiger partial charge is 0.377 e. The number of hydrogen-bond acceptors (Lipinski definition) is 5. The molecule has 0 fully saturated rings. The minimum atomic E-state index is -4.46. The van der Waals surface area contributed by atoms with E-state index >= 15 is 0 Å². The van der Waals surface area contributed by atoms with Gasteiger partial charge in [0, 0.05) is 20.2 Å². The van der Waals surface area contributed by atoms with Gasteiger partial charge in [-0.2, -0.15) is 13.2 Å². The molecule has 1 aliphatic heterocycles. The Bertz CT molecular complexity index is 949. The van der Waals surface area contributed by atoms with Gasteiger partial charge in [-0.05, 0) is 41.8 Å². The van der Waals surface area contributed by atoms with Crippen LogP contribution in [0.2, 0.25) is 0 Å². The Morgan fingerprint density at radius 3 is 2.57 bits per heavy atom. The van der Waals surface area contributed by atoms with E-state index in [0.717, 1.165) is 23.4 Å². The molecule has 30 heavy (non-hydrogen) atoms. The first kappa shape index (κ1) is 22.6. The van der Waals surface area contributed by atoms with Gasteiger partial charge in [0.1, 0.15) is 5.44 Å². The molecule has 0 aliphatic carbocycles. The zero-order chi connectivity index (χ0) is 21.9. The van der Waals surface area contributed by atoms with E-state index in [2.05, 4.69) is 10.9 Å². The normalized spacial score (nSPS) is 18.5. The number of aliphatic hydroxyl groups is 2. The summed E-state index contributed by atoms with van der Waals surface area (Å²) in [5.74, 6) is 4.00. The minimum Gasteiger partial charge on any atom is -0.377 e. The molecule has 2 heterocycles. The maximum absolute atomic E-state index is 12.9. The predicted molar refractivity (Wildman–Crippen MR) is 111 cm³/mol. The first-order valence-corrected chi connectivity index (χ1v) is 10.6. The van der Waals surface area contributed by atoms with Crippen molar-refractivity contribution in [2.45, 2.75) is 24.3 Å². The van der Waals surface area contributed by atoms with E-state index in [1.165, 1.54) is 19.2 Å². The Labute approximate surface area is 175 Å². The van der Waals surface area contributed by atoms with E-state index < -0.39 is 34.1 Å². The van der Waals surface area contributed by atoms with Crippen molar-refractivity contribution in [2.75, 3.05) is 20.2 Å². The molecule has 9 heteroatoms. The monoisotopic (exact) mass is 440 g/mol. The molecule has 2 aromatic rings. The van der Waals surface area contributed by atoms with Gasteiger partial charge >= 0.3 is 6.18 Å². The van der Waals surface area contributed by atoms with Crippen molar-refractivity contribution >= 4 is 22.1 Å². The molecule has 0 bridgehead atoms. The lowest BCUT2D eigenvalue weighted by atomic mass is 10.1. The van der Waals surface area contributed by atoms with Crippen molar-refractivity contribution in [2.24, 2.45) is 0 Å². The summed E-state index contributed by atoms with van der Waals surface area (Å²) in [5.41, 5.74) is 0.408. The number of aliphatic hydroxyl groups excluding tert-OH is 2. The lowest BCUT2D eigenvalue weighted by Gasteiger charge is -2.31. The maximum Gasteiger partial charge on any atom is 0.416 e. The van der Waals surface area contributed by atoms with Gasteiger partial charge in [-0.15, -0.1) is 0 Å². The number of alkyl halides is 3. The second kappa shape index (κ2) is 9.40. The van der Waals surface area contributed by atoms with E-state index in [9.17, 15) is 23.4 Å². The number of benzene rings is 1. The second-order valence-electron chi connectivity index (χ2n) is 6.78. The first-order chi connectivity index (χ1) is 14.2. The van der Waals surface area contributed by atoms with Gasteiger partial charge < -0.3 is 14.9 Å². The fourth-order valence-corrected chi connectivity index (χ4v) is 4.49. The molecule has 2 N–H and O–H groups in total. The number of pyridine rings is 1. The van der Waals surface area contributed by atoms with Gasteiger partial charge in [0.15, 0.2) is 6.29 Å². The molecular formula is C21H23F3N2O3S. The van der Waals surface area contributed by atoms with E-state index in [-0.39, 0.29) is 5.56 Å². The number of halogens is 3. The van der Waals surface area contributed by atoms with Crippen LogP contribution in [0.5, 0.6) is 0 Å². The van der Waals surface area contributed by atoms with Crippen molar-refractivity contribution in [3.05, 3.63) is 71.1 Å². The van der Waals surface area contributed by atoms with Crippen LogP contribution in [-0.4, -0.2) is 45.6 Å². The fraction of sp³-hybridized carbons (Fsp3) is 0.333. The number of rotatable bonds is 6. The molecule has 0 saturated heterocycles. The largest absolute Gasteiger partial charge is 0.416 e. The Balaban J connectivity index is 1.71. The van der Waals surface area contributed by atoms with Crippen LogP contribution in [-0.2, 0) is 10.9 Å². The summed E-state index contributed by atoms with van der Waals surface area (Å²) in [6.07, 6.45) is -2.97. The zero-order valence-electron chi connectivity index (χ0n) is 16.3. The van der Waals surface area contributed by atoms with Crippen LogP contribution in [0.4, 0.5) is 13.2 Å². The van der Waals surface area contributed by atoms with Crippen LogP contribution in [0.3, 0.4) is 0 Å². The van der Waals surface area contributed by atoms with Crippen molar-refractivity contribution in [1.82, 2.24) is 9.29 Å². The third-order valence-corrected chi connectivity index (χ3v) is 6.62. The molecule has 3 unspecified atom stereocenters. The molecule has 1 aromatic carbocycles. The SMILES string of the molecule is C=S(C(O)c1cccc(C(F)(F)F)c1)N1CC=C(c2cccc(C(O)OC)n2)CC1. The van der Waals surface area contributed by atoms with Gasteiger partial charge in [0.05, 0.1) is 17.0 Å². The van der Waals surface area contributed by atoms with E-state index in [0.29, 0.717) is 25.2 Å². The zero-order valence-corrected chi connectivity index (χ0v) is 17.2. The third kappa shape index (κ3) is 5.16. The molecule has 0 spiro atoms. The Morgan fingerprint density at radius 1 is 1.20 bits per heavy atom. The van der Waals surface area contributed by atoms with Crippen LogP contribution < -0.4 is 0 Å². The van der Waals surface area contributed by atoms with Crippen molar-refractivity contribution in [3.63, 3.8) is 0 Å². The number of ether oxygens (including phenoxy) is 1. The average molecular weight is 440 g/mol. The van der Waals surface area contributed by atoms with Crippen LogP contribution in [0.15, 0.2) is 48.5 Å². The minimum absolute atomic E-state index is 0.195. The molecule has 0 saturated carbocycles. The molecule has 162 valence electrons. The molecular weight excluding hydrogens is 417 g/mol. The van der Waals surface area contributed by atoms with Gasteiger partial charge in [0.2, 0.25) is 0 Å². The highest BCUT2D eigenvalue weighted by atomic mass is 32.2. The highest BCUT2D eigenvalue weighted by Crippen LogP contribution is 2.39. The Hall–Kier alpha value is -2.04. The Kier molecular flexibility index (Phi) is 7.10. The van der Waals surface area contributed by atoms with Crippen molar-refractivity contribution in [1.29, 1.82) is 0 Å². The van der Waals surface area contributed by atoms with Gasteiger partial charge in [-0.25, -0.2) is 9.29 Å². The van der Waals surface area contributed by atoms with Crippen LogP contribution in [0.25, 0.3) is 5.57 Å². The summed E-state index contributed by atoms with van der Waals surface area (Å²) in [6.45, 7) is 1.06. The topological polar surface area (TPSA) is 65.8 Å². The second-order valence-corrected chi connectivity index (χ2v) is 8.55. The maximum atomic E-state index is 12.9. The van der Waals surface area contributed by atoms with E-state index in [4.69, 9.17) is 4.74 Å². The summed E-state index contributed by atoms with van der Waals surface area (Å²) in [4.78, 5) is 4.42. The summed E-state index contributed by atoms with van der Waals surface area (Å²) < 4.78 is 45.7. The van der Waals surface area contributed by atoms with E-state index in [1.807, 2.05) is 16.4 Å². The molecule has 5 nitrogen and oxygen atoms in total. The third-order valence-electron chi connectivity index (χ3n) is 4.84. The summed E-state index contributed by atoms with van der Waals surface area (Å²) in [6, 6.07) is 10.0. The summed E-state index contributed by atoms with van der Waals surface area (Å²) >= 11 is 0. The highest BCUT2D eigenvalue weighted by molar-refractivity contribution is 8.12. The predicted octanol–water partition coefficient (Wildman–Crippen LogP) is 4.13. The highest BCUT2D eigenvalue weighted by Gasteiger charge is 2.31. The summed E-state index contributed by atoms with van der Waals surface area (Å²) in [5, 5.41) is 20.4. The summed E-state index contributed by atoms with van der Waals surface area (Å²) in [7, 11) is 0.465. The number of methoxy groups -OCH3 is 1. The fourth-order valence-electron chi connectivity index (χ4n) is 3.15. The van der Waals surface area contributed by atoms with Crippen molar-refractivity contribution < 1.29 is 28.1 Å². The quantitative estimate of drug-likeness (QED) is 0.522. The molecule has 1 aromatic heterocycles. The van der Waals surface area contributed by atoms with Crippen LogP contribution in [0, 0.1) is 0 Å².